The van der Waals surface area contributed by atoms with Gasteiger partial charge < -0.3 is 0 Å². The molecule has 3 rings (SSSR count). The van der Waals surface area contributed by atoms with E-state index < -0.39 is 0 Å². The topological polar surface area (TPSA) is 0 Å². The predicted molar refractivity (Wildman–Crippen MR) is 87.6 cm³/mol. The molecule has 4 atom stereocenters. The van der Waals surface area contributed by atoms with Crippen molar-refractivity contribution in [3.8, 4) is 0 Å². The summed E-state index contributed by atoms with van der Waals surface area (Å²) in [6, 6.07) is 0. The zero-order valence-corrected chi connectivity index (χ0v) is 14.0. The van der Waals surface area contributed by atoms with E-state index in [-0.39, 0.29) is 5.41 Å². The van der Waals surface area contributed by atoms with Gasteiger partial charge in [-0.05, 0) is 61.2 Å². The summed E-state index contributed by atoms with van der Waals surface area (Å²) in [7, 11) is 0. The van der Waals surface area contributed by atoms with Crippen molar-refractivity contribution in [1.29, 1.82) is 0 Å². The summed E-state index contributed by atoms with van der Waals surface area (Å²) in [5.41, 5.74) is 3.15. The van der Waals surface area contributed by atoms with Crippen LogP contribution in [-0.4, -0.2) is 0 Å². The van der Waals surface area contributed by atoms with Crippen LogP contribution in [0, 0.1) is 28.1 Å². The number of hydrogen-bond donors (Lipinski definition) is 0. The molecule has 0 unspecified atom stereocenters. The first kappa shape index (κ1) is 14.4. The Morgan fingerprint density at radius 2 is 1.85 bits per heavy atom. The smallest absolute Gasteiger partial charge is 0.00330 e. The Balaban J connectivity index is 1.97. The van der Waals surface area contributed by atoms with Crippen LogP contribution in [0.3, 0.4) is 0 Å². The normalized spacial score (nSPS) is 46.9. The van der Waals surface area contributed by atoms with Crippen LogP contribution in [0.5, 0.6) is 0 Å². The van der Waals surface area contributed by atoms with Crippen LogP contribution >= 0.6 is 0 Å². The lowest BCUT2D eigenvalue weighted by molar-refractivity contribution is -0.0587. The van der Waals surface area contributed by atoms with Gasteiger partial charge in [-0.3, -0.25) is 0 Å². The van der Waals surface area contributed by atoms with Crippen molar-refractivity contribution >= 4 is 0 Å². The fourth-order valence-electron chi connectivity index (χ4n) is 6.01. The molecular weight excluding hydrogens is 240 g/mol. The van der Waals surface area contributed by atoms with Gasteiger partial charge in [0.25, 0.3) is 0 Å². The monoisotopic (exact) mass is 272 g/mol. The van der Waals surface area contributed by atoms with Crippen molar-refractivity contribution < 1.29 is 0 Å². The zero-order chi connectivity index (χ0) is 14.6. The molecule has 0 saturated heterocycles. The Hall–Kier alpha value is -0.520. The maximum atomic E-state index is 4.07. The largest absolute Gasteiger partial charge is 0.102 e. The van der Waals surface area contributed by atoms with Gasteiger partial charge in [-0.25, -0.2) is 0 Å². The highest BCUT2D eigenvalue weighted by Crippen LogP contribution is 2.63. The lowest BCUT2D eigenvalue weighted by Gasteiger charge is -2.59. The molecule has 0 N–H and O–H groups in total. The number of hydrogen-bond acceptors (Lipinski definition) is 0. The Kier molecular flexibility index (Phi) is 3.23. The minimum atomic E-state index is 0.263. The van der Waals surface area contributed by atoms with Gasteiger partial charge in [0, 0.05) is 5.41 Å². The summed E-state index contributed by atoms with van der Waals surface area (Å²) >= 11 is 0. The van der Waals surface area contributed by atoms with E-state index in [9.17, 15) is 0 Å². The number of fused-ring (bicyclic) bond motifs is 3. The third-order valence-corrected chi connectivity index (χ3v) is 7.19. The van der Waals surface area contributed by atoms with Crippen LogP contribution in [-0.2, 0) is 0 Å². The first-order valence-electron chi connectivity index (χ1n) is 8.66. The van der Waals surface area contributed by atoms with Gasteiger partial charge in [0.15, 0.2) is 0 Å². The van der Waals surface area contributed by atoms with E-state index in [4.69, 9.17) is 0 Å². The Labute approximate surface area is 125 Å². The predicted octanol–water partition coefficient (Wildman–Crippen LogP) is 6.14. The van der Waals surface area contributed by atoms with E-state index in [0.717, 1.165) is 11.8 Å². The van der Waals surface area contributed by atoms with Gasteiger partial charge in [-0.2, -0.15) is 0 Å². The third-order valence-electron chi connectivity index (χ3n) is 7.19. The standard InChI is InChI=1S/C20H32/c1-6-19(4)13-10-16-15(14-19)8-9-17-18(2,3)11-7-12-20(16,17)5/h6,14,16-17H,1,7-13H2,2-5H3/t16-,17-,19+,20+/m1/s1. The fourth-order valence-corrected chi connectivity index (χ4v) is 6.01. The molecule has 0 aliphatic heterocycles. The molecule has 0 heterocycles. The molecule has 0 heteroatoms. The summed E-state index contributed by atoms with van der Waals surface area (Å²) in [6.45, 7) is 14.1. The molecule has 112 valence electrons. The fraction of sp³-hybridized carbons (Fsp3) is 0.800. The van der Waals surface area contributed by atoms with Crippen LogP contribution in [0.2, 0.25) is 0 Å². The van der Waals surface area contributed by atoms with Crippen molar-refractivity contribution in [2.45, 2.75) is 72.6 Å². The van der Waals surface area contributed by atoms with E-state index in [1.165, 1.54) is 44.9 Å². The summed E-state index contributed by atoms with van der Waals surface area (Å²) in [5, 5.41) is 0. The molecule has 2 saturated carbocycles. The average Bonchev–Trinajstić information content (AvgIpc) is 2.37. The van der Waals surface area contributed by atoms with E-state index in [1.54, 1.807) is 5.57 Å². The van der Waals surface area contributed by atoms with Gasteiger partial charge in [0.1, 0.15) is 0 Å². The lowest BCUT2D eigenvalue weighted by Crippen LogP contribution is -2.50. The Bertz CT molecular complexity index is 441. The van der Waals surface area contributed by atoms with Gasteiger partial charge in [0.2, 0.25) is 0 Å². The first-order valence-corrected chi connectivity index (χ1v) is 8.66. The highest BCUT2D eigenvalue weighted by atomic mass is 14.6. The van der Waals surface area contributed by atoms with Gasteiger partial charge in [-0.1, -0.05) is 51.8 Å². The molecule has 3 aliphatic rings. The van der Waals surface area contributed by atoms with Gasteiger partial charge in [-0.15, -0.1) is 6.58 Å². The molecule has 0 spiro atoms. The van der Waals surface area contributed by atoms with Crippen LogP contribution in [0.15, 0.2) is 24.3 Å². The second kappa shape index (κ2) is 4.49. The molecule has 3 aliphatic carbocycles. The van der Waals surface area contributed by atoms with Crippen molar-refractivity contribution in [2.24, 2.45) is 28.1 Å². The Morgan fingerprint density at radius 3 is 2.55 bits per heavy atom. The molecule has 20 heavy (non-hydrogen) atoms. The van der Waals surface area contributed by atoms with Crippen LogP contribution in [0.1, 0.15) is 72.6 Å². The summed E-state index contributed by atoms with van der Waals surface area (Å²) in [4.78, 5) is 0. The molecule has 0 nitrogen and oxygen atoms in total. The Morgan fingerprint density at radius 1 is 1.10 bits per heavy atom. The van der Waals surface area contributed by atoms with Crippen LogP contribution < -0.4 is 0 Å². The average molecular weight is 272 g/mol. The van der Waals surface area contributed by atoms with Crippen molar-refractivity contribution in [2.75, 3.05) is 0 Å². The van der Waals surface area contributed by atoms with Crippen LogP contribution in [0.4, 0.5) is 0 Å². The summed E-state index contributed by atoms with van der Waals surface area (Å²) in [6.07, 6.45) is 14.5. The van der Waals surface area contributed by atoms with Crippen molar-refractivity contribution in [3.05, 3.63) is 24.3 Å². The highest BCUT2D eigenvalue weighted by molar-refractivity contribution is 5.26. The molecule has 0 aromatic rings. The second-order valence-electron chi connectivity index (χ2n) is 8.96. The SMILES string of the molecule is C=C[C@]1(C)C=C2CC[C@@H]3C(C)(C)CCC[C@@]3(C)[C@@H]2CC1. The summed E-state index contributed by atoms with van der Waals surface area (Å²) < 4.78 is 0. The van der Waals surface area contributed by atoms with E-state index in [1.807, 2.05) is 0 Å². The maximum Gasteiger partial charge on any atom is 0.00330 e. The third kappa shape index (κ3) is 2.02. The highest BCUT2D eigenvalue weighted by Gasteiger charge is 2.54. The summed E-state index contributed by atoms with van der Waals surface area (Å²) in [5.74, 6) is 1.79. The van der Waals surface area contributed by atoms with Crippen LogP contribution in [0.25, 0.3) is 0 Å². The quantitative estimate of drug-likeness (QED) is 0.503. The minimum Gasteiger partial charge on any atom is -0.102 e. The van der Waals surface area contributed by atoms with Crippen molar-refractivity contribution in [1.82, 2.24) is 0 Å². The number of allylic oxidation sites excluding steroid dienone is 3. The number of rotatable bonds is 1. The minimum absolute atomic E-state index is 0.263. The zero-order valence-electron chi connectivity index (χ0n) is 14.0. The molecule has 0 amide bonds. The van der Waals surface area contributed by atoms with Gasteiger partial charge >= 0.3 is 0 Å². The molecule has 0 aromatic carbocycles. The molecular formula is C20H32. The maximum absolute atomic E-state index is 4.07. The van der Waals surface area contributed by atoms with Gasteiger partial charge in [0.05, 0.1) is 0 Å². The first-order chi connectivity index (χ1) is 9.31. The van der Waals surface area contributed by atoms with E-state index in [2.05, 4.69) is 46.4 Å². The lowest BCUT2D eigenvalue weighted by atomic mass is 9.45. The van der Waals surface area contributed by atoms with Crippen molar-refractivity contribution in [3.63, 3.8) is 0 Å². The molecule has 0 aromatic heterocycles. The molecule has 0 bridgehead atoms. The molecule has 2 fully saturated rings. The van der Waals surface area contributed by atoms with E-state index in [0.29, 0.717) is 10.8 Å². The second-order valence-corrected chi connectivity index (χ2v) is 8.96. The van der Waals surface area contributed by atoms with E-state index >= 15 is 0 Å². The molecule has 0 radical (unpaired) electrons.